The molecular formula is C16H15F3N2O4S2. The molecule has 1 heterocycles. The molecule has 27 heavy (non-hydrogen) atoms. The first kappa shape index (κ1) is 19.6. The van der Waals surface area contributed by atoms with Gasteiger partial charge in [-0.1, -0.05) is 12.1 Å². The van der Waals surface area contributed by atoms with E-state index in [9.17, 15) is 30.0 Å². The van der Waals surface area contributed by atoms with E-state index in [0.717, 1.165) is 22.5 Å². The molecule has 6 nitrogen and oxygen atoms in total. The number of primary sulfonamides is 1. The Balaban J connectivity index is 2.17. The molecule has 1 aliphatic heterocycles. The maximum absolute atomic E-state index is 13.3. The molecule has 0 bridgehead atoms. The highest BCUT2D eigenvalue weighted by molar-refractivity contribution is 7.93. The number of benzene rings is 2. The number of halogens is 3. The molecule has 1 atom stereocenters. The summed E-state index contributed by atoms with van der Waals surface area (Å²) in [5.74, 6) is 0. The summed E-state index contributed by atoms with van der Waals surface area (Å²) in [4.78, 5) is -1.05. The van der Waals surface area contributed by atoms with E-state index in [-0.39, 0.29) is 17.0 Å². The highest BCUT2D eigenvalue weighted by atomic mass is 32.2. The highest BCUT2D eigenvalue weighted by Crippen LogP contribution is 2.41. The first-order valence-electron chi connectivity index (χ1n) is 7.70. The van der Waals surface area contributed by atoms with Crippen molar-refractivity contribution in [3.8, 4) is 0 Å². The standard InChI is InChI=1S/C16H15F3N2O4S2/c1-10-8-11-9-12(26(20,22)23)6-7-14(11)21(10)27(24,25)15-5-3-2-4-13(15)16(17,18)19/h2-7,9-10H,8H2,1H3,(H2,20,22,23)/t10-/m1/s1. The number of hydrogen-bond acceptors (Lipinski definition) is 4. The van der Waals surface area contributed by atoms with Crippen molar-refractivity contribution in [2.24, 2.45) is 5.14 Å². The fraction of sp³-hybridized carbons (Fsp3) is 0.250. The Hall–Kier alpha value is -2.11. The van der Waals surface area contributed by atoms with Crippen LogP contribution in [0.15, 0.2) is 52.3 Å². The van der Waals surface area contributed by atoms with Gasteiger partial charge in [-0.15, -0.1) is 0 Å². The molecule has 0 spiro atoms. The van der Waals surface area contributed by atoms with E-state index < -0.39 is 42.7 Å². The summed E-state index contributed by atoms with van der Waals surface area (Å²) in [5.41, 5.74) is -0.749. The van der Waals surface area contributed by atoms with Crippen molar-refractivity contribution in [1.82, 2.24) is 0 Å². The second-order valence-electron chi connectivity index (χ2n) is 6.18. The van der Waals surface area contributed by atoms with Crippen LogP contribution in [0.2, 0.25) is 0 Å². The summed E-state index contributed by atoms with van der Waals surface area (Å²) in [6.07, 6.45) is -4.70. The minimum Gasteiger partial charge on any atom is -0.263 e. The lowest BCUT2D eigenvalue weighted by Gasteiger charge is -2.26. The summed E-state index contributed by atoms with van der Waals surface area (Å²) < 4.78 is 89.8. The van der Waals surface area contributed by atoms with Crippen LogP contribution in [0.5, 0.6) is 0 Å². The number of sulfonamides is 2. The van der Waals surface area contributed by atoms with Crippen molar-refractivity contribution in [2.45, 2.75) is 35.4 Å². The van der Waals surface area contributed by atoms with Gasteiger partial charge in [0.25, 0.3) is 10.0 Å². The number of nitrogens with two attached hydrogens (primary N) is 1. The lowest BCUT2D eigenvalue weighted by atomic mass is 10.1. The largest absolute Gasteiger partial charge is 0.417 e. The molecule has 146 valence electrons. The zero-order valence-electron chi connectivity index (χ0n) is 13.9. The molecule has 1 aliphatic rings. The van der Waals surface area contributed by atoms with Gasteiger partial charge in [0.2, 0.25) is 10.0 Å². The van der Waals surface area contributed by atoms with Crippen LogP contribution in [-0.4, -0.2) is 22.9 Å². The number of anilines is 1. The Labute approximate surface area is 154 Å². The fourth-order valence-corrected chi connectivity index (χ4v) is 5.63. The van der Waals surface area contributed by atoms with Crippen LogP contribution < -0.4 is 9.44 Å². The van der Waals surface area contributed by atoms with Crippen molar-refractivity contribution in [1.29, 1.82) is 0 Å². The minimum absolute atomic E-state index is 0.131. The topological polar surface area (TPSA) is 97.5 Å². The van der Waals surface area contributed by atoms with Crippen LogP contribution in [0.25, 0.3) is 0 Å². The van der Waals surface area contributed by atoms with Crippen LogP contribution in [0.4, 0.5) is 18.9 Å². The number of hydrogen-bond donors (Lipinski definition) is 1. The second kappa shape index (κ2) is 6.21. The summed E-state index contributed by atoms with van der Waals surface area (Å²) in [7, 11) is -8.52. The molecule has 0 unspecified atom stereocenters. The van der Waals surface area contributed by atoms with Gasteiger partial charge in [0.05, 0.1) is 21.0 Å². The molecule has 2 aromatic rings. The van der Waals surface area contributed by atoms with Crippen molar-refractivity contribution < 1.29 is 30.0 Å². The van der Waals surface area contributed by atoms with E-state index >= 15 is 0 Å². The highest BCUT2D eigenvalue weighted by Gasteiger charge is 2.42. The molecular weight excluding hydrogens is 405 g/mol. The monoisotopic (exact) mass is 420 g/mol. The van der Waals surface area contributed by atoms with E-state index in [2.05, 4.69) is 0 Å². The summed E-state index contributed by atoms with van der Waals surface area (Å²) in [5, 5.41) is 5.08. The van der Waals surface area contributed by atoms with Crippen LogP contribution in [0.3, 0.4) is 0 Å². The van der Waals surface area contributed by atoms with E-state index in [4.69, 9.17) is 5.14 Å². The molecule has 0 radical (unpaired) electrons. The first-order valence-corrected chi connectivity index (χ1v) is 10.7. The number of rotatable bonds is 3. The zero-order chi connectivity index (χ0) is 20.2. The van der Waals surface area contributed by atoms with Gasteiger partial charge in [0.15, 0.2) is 0 Å². The van der Waals surface area contributed by atoms with E-state index in [1.54, 1.807) is 0 Å². The molecule has 0 saturated carbocycles. The first-order chi connectivity index (χ1) is 12.3. The molecule has 0 aliphatic carbocycles. The van der Waals surface area contributed by atoms with Gasteiger partial charge >= 0.3 is 6.18 Å². The average Bonchev–Trinajstić information content (AvgIpc) is 2.88. The molecule has 3 rings (SSSR count). The predicted molar refractivity (Wildman–Crippen MR) is 92.1 cm³/mol. The number of nitrogens with zero attached hydrogens (tertiary/aromatic N) is 1. The van der Waals surface area contributed by atoms with Gasteiger partial charge in [-0.05, 0) is 49.2 Å². The Morgan fingerprint density at radius 2 is 1.70 bits per heavy atom. The van der Waals surface area contributed by atoms with E-state index in [1.165, 1.54) is 25.1 Å². The lowest BCUT2D eigenvalue weighted by Crippen LogP contribution is -2.36. The number of fused-ring (bicyclic) bond motifs is 1. The van der Waals surface area contributed by atoms with Gasteiger partial charge < -0.3 is 0 Å². The smallest absolute Gasteiger partial charge is 0.263 e. The Morgan fingerprint density at radius 1 is 1.07 bits per heavy atom. The van der Waals surface area contributed by atoms with Crippen molar-refractivity contribution in [3.63, 3.8) is 0 Å². The second-order valence-corrected chi connectivity index (χ2v) is 9.53. The fourth-order valence-electron chi connectivity index (χ4n) is 3.15. The van der Waals surface area contributed by atoms with Crippen LogP contribution >= 0.6 is 0 Å². The van der Waals surface area contributed by atoms with Gasteiger partial charge in [0.1, 0.15) is 0 Å². The van der Waals surface area contributed by atoms with Crippen molar-refractivity contribution in [3.05, 3.63) is 53.6 Å². The third-order valence-corrected chi connectivity index (χ3v) is 7.16. The lowest BCUT2D eigenvalue weighted by molar-refractivity contribution is -0.139. The maximum Gasteiger partial charge on any atom is 0.417 e. The Bertz CT molecular complexity index is 1110. The summed E-state index contributed by atoms with van der Waals surface area (Å²) in [6, 6.07) is 6.86. The van der Waals surface area contributed by atoms with E-state index in [1.807, 2.05) is 0 Å². The van der Waals surface area contributed by atoms with Crippen LogP contribution in [0, 0.1) is 0 Å². The average molecular weight is 420 g/mol. The summed E-state index contributed by atoms with van der Waals surface area (Å²) in [6.45, 7) is 1.53. The van der Waals surface area contributed by atoms with Crippen LogP contribution in [-0.2, 0) is 32.6 Å². The normalized spacial score (nSPS) is 17.8. The molecule has 0 amide bonds. The molecule has 0 saturated heterocycles. The van der Waals surface area contributed by atoms with Crippen LogP contribution in [0.1, 0.15) is 18.1 Å². The predicted octanol–water partition coefficient (Wildman–Crippen LogP) is 2.49. The third kappa shape index (κ3) is 3.42. The minimum atomic E-state index is -4.84. The number of alkyl halides is 3. The SMILES string of the molecule is C[C@@H]1Cc2cc(S(N)(=O)=O)ccc2N1S(=O)(=O)c1ccccc1C(F)(F)F. The Kier molecular flexibility index (Phi) is 4.52. The Morgan fingerprint density at radius 3 is 2.30 bits per heavy atom. The third-order valence-electron chi connectivity index (χ3n) is 4.26. The molecule has 2 aromatic carbocycles. The van der Waals surface area contributed by atoms with Crippen molar-refractivity contribution in [2.75, 3.05) is 4.31 Å². The molecule has 0 fully saturated rings. The van der Waals surface area contributed by atoms with Gasteiger partial charge in [0, 0.05) is 6.04 Å². The maximum atomic E-state index is 13.3. The van der Waals surface area contributed by atoms with Gasteiger partial charge in [-0.2, -0.15) is 13.2 Å². The van der Waals surface area contributed by atoms with Gasteiger partial charge in [-0.25, -0.2) is 22.0 Å². The quantitative estimate of drug-likeness (QED) is 0.825. The van der Waals surface area contributed by atoms with E-state index in [0.29, 0.717) is 11.6 Å². The van der Waals surface area contributed by atoms with Crippen molar-refractivity contribution >= 4 is 25.7 Å². The van der Waals surface area contributed by atoms with Gasteiger partial charge in [-0.3, -0.25) is 4.31 Å². The summed E-state index contributed by atoms with van der Waals surface area (Å²) >= 11 is 0. The zero-order valence-corrected chi connectivity index (χ0v) is 15.6. The molecule has 11 heteroatoms. The molecule has 0 aromatic heterocycles. The molecule has 2 N–H and O–H groups in total.